The number of hydrogen-bond acceptors (Lipinski definition) is 7. The predicted molar refractivity (Wildman–Crippen MR) is 127 cm³/mol. The Balaban J connectivity index is 1.81. The fourth-order valence-corrected chi connectivity index (χ4v) is 5.48. The molecule has 3 unspecified atom stereocenters. The Hall–Kier alpha value is -1.57. The number of methoxy groups -OCH3 is 1. The minimum Gasteiger partial charge on any atom is -0.383 e. The zero-order valence-corrected chi connectivity index (χ0v) is 19.8. The van der Waals surface area contributed by atoms with Gasteiger partial charge in [-0.1, -0.05) is 13.8 Å². The fourth-order valence-electron chi connectivity index (χ4n) is 4.26. The van der Waals surface area contributed by atoms with E-state index in [1.54, 1.807) is 7.11 Å². The normalized spacial score (nSPS) is 24.3. The molecule has 1 fully saturated rings. The number of aliphatic imine (C=N–C) groups is 3. The highest BCUT2D eigenvalue weighted by atomic mass is 32.1. The summed E-state index contributed by atoms with van der Waals surface area (Å²) in [5, 5.41) is 0. The summed E-state index contributed by atoms with van der Waals surface area (Å²) >= 11 is 1.86. The van der Waals surface area contributed by atoms with Crippen molar-refractivity contribution in [1.29, 1.82) is 0 Å². The van der Waals surface area contributed by atoms with Crippen molar-refractivity contribution >= 4 is 29.6 Å². The second-order valence-corrected chi connectivity index (χ2v) is 9.03. The highest BCUT2D eigenvalue weighted by Crippen LogP contribution is 2.34. The van der Waals surface area contributed by atoms with Crippen LogP contribution >= 0.6 is 11.3 Å². The summed E-state index contributed by atoms with van der Waals surface area (Å²) < 4.78 is 11.0. The summed E-state index contributed by atoms with van der Waals surface area (Å²) in [6.07, 6.45) is 7.65. The SMILES string of the molecule is C/C=N/C1C(/N=C/c2sc(C3CCOCC3)cc2C)N=C(CC)N1C(CC)COC. The van der Waals surface area contributed by atoms with Gasteiger partial charge in [-0.2, -0.15) is 0 Å². The van der Waals surface area contributed by atoms with E-state index in [9.17, 15) is 0 Å². The van der Waals surface area contributed by atoms with E-state index in [0.29, 0.717) is 12.5 Å². The van der Waals surface area contributed by atoms with E-state index >= 15 is 0 Å². The van der Waals surface area contributed by atoms with Gasteiger partial charge in [-0.25, -0.2) is 4.99 Å². The molecule has 6 nitrogen and oxygen atoms in total. The van der Waals surface area contributed by atoms with Gasteiger partial charge in [0.1, 0.15) is 5.84 Å². The van der Waals surface area contributed by atoms with Crippen LogP contribution in [0.1, 0.15) is 67.7 Å². The first kappa shape index (κ1) is 23.1. The molecule has 30 heavy (non-hydrogen) atoms. The van der Waals surface area contributed by atoms with E-state index in [2.05, 4.69) is 31.7 Å². The largest absolute Gasteiger partial charge is 0.383 e. The first-order valence-corrected chi connectivity index (χ1v) is 12.0. The minimum absolute atomic E-state index is 0.100. The number of rotatable bonds is 9. The zero-order chi connectivity index (χ0) is 21.5. The smallest absolute Gasteiger partial charge is 0.181 e. The fraction of sp³-hybridized carbons (Fsp3) is 0.696. The molecule has 3 rings (SSSR count). The molecule has 1 aromatic rings. The van der Waals surface area contributed by atoms with Crippen molar-refractivity contribution in [2.45, 2.75) is 77.7 Å². The van der Waals surface area contributed by atoms with Crippen molar-refractivity contribution in [2.75, 3.05) is 26.9 Å². The van der Waals surface area contributed by atoms with Crippen LogP contribution in [-0.4, -0.2) is 68.5 Å². The van der Waals surface area contributed by atoms with Crippen molar-refractivity contribution in [3.05, 3.63) is 21.4 Å². The predicted octanol–water partition coefficient (Wildman–Crippen LogP) is 4.66. The summed E-state index contributed by atoms with van der Waals surface area (Å²) in [6.45, 7) is 10.9. The van der Waals surface area contributed by atoms with Crippen LogP contribution in [0.4, 0.5) is 0 Å². The Morgan fingerprint density at radius 2 is 2.10 bits per heavy atom. The molecule has 1 saturated heterocycles. The lowest BCUT2D eigenvalue weighted by molar-refractivity contribution is 0.0860. The summed E-state index contributed by atoms with van der Waals surface area (Å²) in [7, 11) is 1.75. The first-order chi connectivity index (χ1) is 14.6. The van der Waals surface area contributed by atoms with E-state index in [1.807, 2.05) is 30.7 Å². The summed E-state index contributed by atoms with van der Waals surface area (Å²) in [5.74, 6) is 1.69. The van der Waals surface area contributed by atoms with Crippen LogP contribution < -0.4 is 0 Å². The van der Waals surface area contributed by atoms with Gasteiger partial charge in [0, 0.05) is 42.7 Å². The molecule has 0 aliphatic carbocycles. The molecular formula is C23H36N4O2S. The third-order valence-corrected chi connectivity index (χ3v) is 7.25. The Kier molecular flexibility index (Phi) is 8.60. The number of ether oxygens (including phenoxy) is 2. The van der Waals surface area contributed by atoms with E-state index < -0.39 is 0 Å². The Morgan fingerprint density at radius 1 is 1.33 bits per heavy atom. The molecule has 0 saturated carbocycles. The Bertz CT molecular complexity index is 767. The number of aryl methyl sites for hydroxylation is 1. The first-order valence-electron chi connectivity index (χ1n) is 11.2. The maximum atomic E-state index is 5.52. The Morgan fingerprint density at radius 3 is 2.73 bits per heavy atom. The number of amidine groups is 1. The maximum absolute atomic E-state index is 5.52. The summed E-state index contributed by atoms with van der Waals surface area (Å²) in [6, 6.07) is 2.59. The second kappa shape index (κ2) is 11.2. The van der Waals surface area contributed by atoms with Gasteiger partial charge in [-0.3, -0.25) is 9.98 Å². The van der Waals surface area contributed by atoms with Gasteiger partial charge in [0.15, 0.2) is 12.3 Å². The molecule has 0 bridgehead atoms. The molecule has 3 heterocycles. The van der Waals surface area contributed by atoms with E-state index in [0.717, 1.165) is 44.7 Å². The van der Waals surface area contributed by atoms with Crippen molar-refractivity contribution in [2.24, 2.45) is 15.0 Å². The molecule has 2 aliphatic heterocycles. The third kappa shape index (κ3) is 5.18. The number of thiophene rings is 1. The van der Waals surface area contributed by atoms with E-state index in [4.69, 9.17) is 24.5 Å². The lowest BCUT2D eigenvalue weighted by atomic mass is 9.98. The van der Waals surface area contributed by atoms with Crippen LogP contribution in [0, 0.1) is 6.92 Å². The quantitative estimate of drug-likeness (QED) is 0.533. The zero-order valence-electron chi connectivity index (χ0n) is 19.0. The number of hydrogen-bond donors (Lipinski definition) is 0. The second-order valence-electron chi connectivity index (χ2n) is 7.92. The van der Waals surface area contributed by atoms with Crippen LogP contribution in [-0.2, 0) is 9.47 Å². The third-order valence-electron chi connectivity index (χ3n) is 5.92. The van der Waals surface area contributed by atoms with Crippen LogP contribution in [0.5, 0.6) is 0 Å². The van der Waals surface area contributed by atoms with Gasteiger partial charge in [-0.15, -0.1) is 11.3 Å². The molecule has 1 aromatic heterocycles. The molecule has 0 spiro atoms. The molecule has 166 valence electrons. The van der Waals surface area contributed by atoms with Gasteiger partial charge < -0.3 is 14.4 Å². The van der Waals surface area contributed by atoms with Gasteiger partial charge in [0.25, 0.3) is 0 Å². The average molecular weight is 433 g/mol. The molecule has 0 amide bonds. The molecule has 3 atom stereocenters. The van der Waals surface area contributed by atoms with Crippen LogP contribution in [0.15, 0.2) is 21.0 Å². The van der Waals surface area contributed by atoms with Crippen molar-refractivity contribution in [3.63, 3.8) is 0 Å². The highest BCUT2D eigenvalue weighted by Gasteiger charge is 2.38. The maximum Gasteiger partial charge on any atom is 0.181 e. The topological polar surface area (TPSA) is 58.8 Å². The molecule has 0 N–H and O–H groups in total. The summed E-state index contributed by atoms with van der Waals surface area (Å²) in [4.78, 5) is 19.6. The monoisotopic (exact) mass is 432 g/mol. The molecule has 7 heteroatoms. The van der Waals surface area contributed by atoms with Crippen molar-refractivity contribution < 1.29 is 9.47 Å². The van der Waals surface area contributed by atoms with Crippen molar-refractivity contribution in [3.8, 4) is 0 Å². The van der Waals surface area contributed by atoms with Gasteiger partial charge >= 0.3 is 0 Å². The van der Waals surface area contributed by atoms with Gasteiger partial charge in [-0.05, 0) is 56.9 Å². The van der Waals surface area contributed by atoms with Crippen LogP contribution in [0.2, 0.25) is 0 Å². The lowest BCUT2D eigenvalue weighted by Gasteiger charge is -2.33. The lowest BCUT2D eigenvalue weighted by Crippen LogP contribution is -2.47. The summed E-state index contributed by atoms with van der Waals surface area (Å²) in [5.41, 5.74) is 1.29. The van der Waals surface area contributed by atoms with Gasteiger partial charge in [0.2, 0.25) is 0 Å². The van der Waals surface area contributed by atoms with Gasteiger partial charge in [0.05, 0.1) is 12.6 Å². The minimum atomic E-state index is -0.213. The molecule has 0 radical (unpaired) electrons. The number of nitrogens with zero attached hydrogens (tertiary/aromatic N) is 4. The van der Waals surface area contributed by atoms with Crippen molar-refractivity contribution in [1.82, 2.24) is 4.90 Å². The van der Waals surface area contributed by atoms with E-state index in [1.165, 1.54) is 15.3 Å². The standard InChI is InChI=1S/C23H36N4O2S/c1-6-18(15-28-5)27-21(7-2)26-22(23(27)24-8-3)25-14-20-16(4)13-19(30-20)17-9-11-29-12-10-17/h8,13-14,17-18,22-23H,6-7,9-12,15H2,1-5H3/b24-8+,25-14+. The molecular weight excluding hydrogens is 396 g/mol. The Labute approximate surface area is 185 Å². The van der Waals surface area contributed by atoms with Crippen LogP contribution in [0.3, 0.4) is 0 Å². The van der Waals surface area contributed by atoms with Crippen LogP contribution in [0.25, 0.3) is 0 Å². The average Bonchev–Trinajstić information content (AvgIpc) is 3.31. The highest BCUT2D eigenvalue weighted by molar-refractivity contribution is 7.14. The molecule has 2 aliphatic rings. The molecule has 0 aromatic carbocycles. The van der Waals surface area contributed by atoms with E-state index in [-0.39, 0.29) is 18.4 Å².